The zero-order valence-electron chi connectivity index (χ0n) is 15.7. The molecule has 0 saturated carbocycles. The van der Waals surface area contributed by atoms with Crippen LogP contribution in [-0.2, 0) is 4.74 Å². The molecule has 0 radical (unpaired) electrons. The molecule has 3 aromatic carbocycles. The fourth-order valence-electron chi connectivity index (χ4n) is 2.84. The third-order valence-corrected chi connectivity index (χ3v) is 4.32. The molecule has 7 heteroatoms. The molecule has 148 valence electrons. The smallest absolute Gasteiger partial charge is 0.378 e. The third-order valence-electron chi connectivity index (χ3n) is 4.32. The molecule has 0 atom stereocenters. The summed E-state index contributed by atoms with van der Waals surface area (Å²) in [7, 11) is 0. The van der Waals surface area contributed by atoms with Crippen molar-refractivity contribution in [1.82, 2.24) is 14.8 Å². The van der Waals surface area contributed by atoms with Crippen LogP contribution in [0.3, 0.4) is 0 Å². The summed E-state index contributed by atoms with van der Waals surface area (Å²) in [5, 5.41) is 4.29. The Hall–Kier alpha value is -4.13. The van der Waals surface area contributed by atoms with E-state index in [1.807, 2.05) is 60.7 Å². The molecule has 0 fully saturated rings. The summed E-state index contributed by atoms with van der Waals surface area (Å²) in [6, 6.07) is 23.6. The van der Waals surface area contributed by atoms with Gasteiger partial charge in [0.05, 0.1) is 5.69 Å². The molecule has 30 heavy (non-hydrogen) atoms. The van der Waals surface area contributed by atoms with Gasteiger partial charge in [-0.15, -0.1) is 5.10 Å². The predicted octanol–water partition coefficient (Wildman–Crippen LogP) is 4.11. The Morgan fingerprint density at radius 1 is 0.867 bits per heavy atom. The molecule has 0 unspecified atom stereocenters. The third kappa shape index (κ3) is 4.15. The predicted molar refractivity (Wildman–Crippen MR) is 108 cm³/mol. The minimum absolute atomic E-state index is 0.162. The van der Waals surface area contributed by atoms with Crippen LogP contribution in [0, 0.1) is 5.82 Å². The van der Waals surface area contributed by atoms with Crippen LogP contribution in [0.4, 0.5) is 4.39 Å². The van der Waals surface area contributed by atoms with Crippen LogP contribution in [0.15, 0.2) is 84.9 Å². The molecule has 0 aliphatic rings. The average molecular weight is 401 g/mol. The number of hydrogen-bond donors (Lipinski definition) is 0. The van der Waals surface area contributed by atoms with Crippen molar-refractivity contribution in [1.29, 1.82) is 0 Å². The lowest BCUT2D eigenvalue weighted by Crippen LogP contribution is -2.15. The number of para-hydroxylation sites is 1. The molecule has 0 amide bonds. The van der Waals surface area contributed by atoms with E-state index in [0.29, 0.717) is 5.82 Å². The second kappa shape index (κ2) is 8.48. The first-order chi connectivity index (χ1) is 14.6. The van der Waals surface area contributed by atoms with E-state index in [0.717, 1.165) is 11.3 Å². The van der Waals surface area contributed by atoms with Gasteiger partial charge in [-0.25, -0.2) is 18.9 Å². The lowest BCUT2D eigenvalue weighted by molar-refractivity contribution is 0.0462. The van der Waals surface area contributed by atoms with Crippen molar-refractivity contribution in [3.63, 3.8) is 0 Å². The molecule has 0 spiro atoms. The molecular weight excluding hydrogens is 385 g/mol. The van der Waals surface area contributed by atoms with E-state index in [-0.39, 0.29) is 11.4 Å². The van der Waals surface area contributed by atoms with Crippen molar-refractivity contribution in [3.8, 4) is 17.1 Å². The van der Waals surface area contributed by atoms with E-state index in [1.165, 1.54) is 24.3 Å². The van der Waals surface area contributed by atoms with Gasteiger partial charge in [0.1, 0.15) is 5.82 Å². The maximum absolute atomic E-state index is 13.0. The number of ether oxygens (including phenoxy) is 1. The van der Waals surface area contributed by atoms with Gasteiger partial charge in [-0.2, -0.15) is 0 Å². The van der Waals surface area contributed by atoms with Crippen molar-refractivity contribution >= 4 is 11.8 Å². The molecule has 0 N–H and O–H groups in total. The number of carbonyl (C=O) groups is 2. The quantitative estimate of drug-likeness (QED) is 0.359. The van der Waals surface area contributed by atoms with Gasteiger partial charge >= 0.3 is 5.97 Å². The van der Waals surface area contributed by atoms with E-state index < -0.39 is 24.2 Å². The lowest BCUT2D eigenvalue weighted by Gasteiger charge is -2.05. The summed E-state index contributed by atoms with van der Waals surface area (Å²) in [5.74, 6) is -1.41. The van der Waals surface area contributed by atoms with Crippen LogP contribution in [-0.4, -0.2) is 33.1 Å². The van der Waals surface area contributed by atoms with Crippen LogP contribution in [0.25, 0.3) is 17.1 Å². The lowest BCUT2D eigenvalue weighted by atomic mass is 10.1. The number of aromatic nitrogens is 3. The average Bonchev–Trinajstić information content (AvgIpc) is 3.24. The van der Waals surface area contributed by atoms with E-state index in [9.17, 15) is 14.0 Å². The molecule has 0 aliphatic carbocycles. The molecule has 1 aromatic heterocycles. The van der Waals surface area contributed by atoms with Gasteiger partial charge < -0.3 is 4.74 Å². The van der Waals surface area contributed by atoms with Gasteiger partial charge in [0.15, 0.2) is 18.2 Å². The molecule has 6 nitrogen and oxygen atoms in total. The number of halogens is 1. The van der Waals surface area contributed by atoms with Crippen molar-refractivity contribution in [3.05, 3.63) is 102 Å². The normalized spacial score (nSPS) is 10.6. The first kappa shape index (κ1) is 19.2. The van der Waals surface area contributed by atoms with Gasteiger partial charge in [-0.1, -0.05) is 48.5 Å². The molecule has 0 bridgehead atoms. The van der Waals surface area contributed by atoms with Gasteiger partial charge in [-0.3, -0.25) is 4.79 Å². The first-order valence-corrected chi connectivity index (χ1v) is 9.15. The number of ketones is 1. The highest BCUT2D eigenvalue weighted by Gasteiger charge is 2.21. The number of esters is 1. The highest BCUT2D eigenvalue weighted by Crippen LogP contribution is 2.21. The Balaban J connectivity index is 1.58. The topological polar surface area (TPSA) is 74.1 Å². The Bertz CT molecular complexity index is 1120. The molecule has 0 saturated heterocycles. The van der Waals surface area contributed by atoms with Crippen LogP contribution in [0.5, 0.6) is 0 Å². The molecule has 0 aliphatic heterocycles. The first-order valence-electron chi connectivity index (χ1n) is 9.15. The molecule has 1 heterocycles. The number of benzene rings is 3. The highest BCUT2D eigenvalue weighted by atomic mass is 19.1. The second-order valence-electron chi connectivity index (χ2n) is 6.38. The van der Waals surface area contributed by atoms with Gasteiger partial charge in [0.2, 0.25) is 0 Å². The molecular formula is C23H16FN3O3. The standard InChI is InChI=1S/C23H16FN3O3/c24-18-13-11-16(12-14-18)20(28)15-30-23(29)21-25-22(17-7-3-1-4-8-17)27(26-21)19-9-5-2-6-10-19/h1-14H,15H2. The maximum atomic E-state index is 13.0. The number of carbonyl (C=O) groups excluding carboxylic acids is 2. The van der Waals surface area contributed by atoms with Crippen molar-refractivity contribution in [2.24, 2.45) is 0 Å². The SMILES string of the molecule is O=C(COC(=O)c1nc(-c2ccccc2)n(-c2ccccc2)n1)c1ccc(F)cc1. The van der Waals surface area contributed by atoms with Crippen LogP contribution >= 0.6 is 0 Å². The van der Waals surface area contributed by atoms with Gasteiger partial charge in [0.25, 0.3) is 5.82 Å². The van der Waals surface area contributed by atoms with Crippen LogP contribution in [0.2, 0.25) is 0 Å². The van der Waals surface area contributed by atoms with Crippen molar-refractivity contribution in [2.45, 2.75) is 0 Å². The van der Waals surface area contributed by atoms with Crippen molar-refractivity contribution < 1.29 is 18.7 Å². The molecule has 4 rings (SSSR count). The van der Waals surface area contributed by atoms with Gasteiger partial charge in [-0.05, 0) is 36.4 Å². The van der Waals surface area contributed by atoms with Crippen LogP contribution < -0.4 is 0 Å². The molecule has 4 aromatic rings. The van der Waals surface area contributed by atoms with E-state index >= 15 is 0 Å². The van der Waals surface area contributed by atoms with Gasteiger partial charge in [0, 0.05) is 11.1 Å². The fourth-order valence-corrected chi connectivity index (χ4v) is 2.84. The zero-order chi connectivity index (χ0) is 20.9. The Labute approximate surface area is 171 Å². The highest BCUT2D eigenvalue weighted by molar-refractivity contribution is 5.98. The number of rotatable bonds is 6. The van der Waals surface area contributed by atoms with E-state index in [1.54, 1.807) is 4.68 Å². The Morgan fingerprint density at radius 2 is 1.50 bits per heavy atom. The second-order valence-corrected chi connectivity index (χ2v) is 6.38. The van der Waals surface area contributed by atoms with Crippen LogP contribution in [0.1, 0.15) is 21.0 Å². The monoisotopic (exact) mass is 401 g/mol. The fraction of sp³-hybridized carbons (Fsp3) is 0.0435. The Kier molecular flexibility index (Phi) is 5.43. The Morgan fingerprint density at radius 3 is 2.17 bits per heavy atom. The number of hydrogen-bond acceptors (Lipinski definition) is 5. The summed E-state index contributed by atoms with van der Waals surface area (Å²) >= 11 is 0. The summed E-state index contributed by atoms with van der Waals surface area (Å²) in [5.41, 5.74) is 1.75. The number of nitrogens with zero attached hydrogens (tertiary/aromatic N) is 3. The number of Topliss-reactive ketones (excluding diaryl/α,β-unsaturated/α-hetero) is 1. The van der Waals surface area contributed by atoms with E-state index in [2.05, 4.69) is 10.1 Å². The summed E-state index contributed by atoms with van der Waals surface area (Å²) < 4.78 is 19.6. The summed E-state index contributed by atoms with van der Waals surface area (Å²) in [6.07, 6.45) is 0. The maximum Gasteiger partial charge on any atom is 0.378 e. The summed E-state index contributed by atoms with van der Waals surface area (Å²) in [4.78, 5) is 29.0. The van der Waals surface area contributed by atoms with E-state index in [4.69, 9.17) is 4.74 Å². The summed E-state index contributed by atoms with van der Waals surface area (Å²) in [6.45, 7) is -0.495. The minimum Gasteiger partial charge on any atom is -0.451 e. The largest absolute Gasteiger partial charge is 0.451 e. The minimum atomic E-state index is -0.822. The van der Waals surface area contributed by atoms with Crippen molar-refractivity contribution in [2.75, 3.05) is 6.61 Å². The zero-order valence-corrected chi connectivity index (χ0v) is 15.7.